The molecule has 0 fully saturated rings. The van der Waals surface area contributed by atoms with Crippen LogP contribution in [0.1, 0.15) is 17.7 Å². The number of carbonyl (C=O) groups is 1. The highest BCUT2D eigenvalue weighted by Crippen LogP contribution is 2.22. The van der Waals surface area contributed by atoms with Crippen molar-refractivity contribution in [1.82, 2.24) is 20.1 Å². The molecule has 0 saturated heterocycles. The molecular weight excluding hydrogens is 448 g/mol. The van der Waals surface area contributed by atoms with E-state index in [1.165, 1.54) is 0 Å². The first-order chi connectivity index (χ1) is 14.6. The Bertz CT molecular complexity index is 1280. The summed E-state index contributed by atoms with van der Waals surface area (Å²) in [5, 5.41) is 11.5. The summed E-state index contributed by atoms with van der Waals surface area (Å²) in [6.45, 7) is 2.91. The van der Waals surface area contributed by atoms with Crippen molar-refractivity contribution in [2.24, 2.45) is 0 Å². The van der Waals surface area contributed by atoms with Gasteiger partial charge in [0.25, 0.3) is 5.56 Å². The average Bonchev–Trinajstić information content (AvgIpc) is 3.14. The number of fused-ring (bicyclic) bond motifs is 3. The number of ether oxygens (including phenoxy) is 1. The Morgan fingerprint density at radius 1 is 1.20 bits per heavy atom. The summed E-state index contributed by atoms with van der Waals surface area (Å²) in [4.78, 5) is 25.0. The molecule has 154 valence electrons. The second-order valence-corrected chi connectivity index (χ2v) is 7.85. The van der Waals surface area contributed by atoms with Gasteiger partial charge >= 0.3 is 6.09 Å². The number of aryl methyl sites for hydroxylation is 2. The van der Waals surface area contributed by atoms with E-state index in [4.69, 9.17) is 4.74 Å². The fraction of sp³-hybridized carbons (Fsp3) is 0.227. The summed E-state index contributed by atoms with van der Waals surface area (Å²) in [5.74, 6) is 0. The minimum Gasteiger partial charge on any atom is -0.445 e. The molecule has 4 rings (SSSR count). The van der Waals surface area contributed by atoms with Crippen molar-refractivity contribution >= 4 is 43.8 Å². The predicted molar refractivity (Wildman–Crippen MR) is 120 cm³/mol. The van der Waals surface area contributed by atoms with Gasteiger partial charge < -0.3 is 14.6 Å². The molecule has 0 aliphatic carbocycles. The summed E-state index contributed by atoms with van der Waals surface area (Å²) in [6.07, 6.45) is 0.111. The number of aromatic nitrogens is 3. The molecule has 0 aliphatic heterocycles. The van der Waals surface area contributed by atoms with E-state index in [0.29, 0.717) is 30.4 Å². The van der Waals surface area contributed by atoms with Crippen molar-refractivity contribution in [3.05, 3.63) is 74.6 Å². The normalized spacial score (nSPS) is 11.1. The van der Waals surface area contributed by atoms with Crippen LogP contribution in [0.2, 0.25) is 0 Å². The molecule has 2 aromatic heterocycles. The standard InChI is InChI=1S/C22H21BrN4O3/c1-14-19-20(26-25-14)16-8-3-5-10-18(16)27(21(19)28)12-6-11-24-22(29)30-13-15-7-2-4-9-17(15)23/h2-5,7-10H,6,11-13H2,1H3,(H,24,29)(H,25,26). The molecule has 0 saturated carbocycles. The maximum atomic E-state index is 13.0. The van der Waals surface area contributed by atoms with Crippen LogP contribution in [0.15, 0.2) is 57.8 Å². The number of aromatic amines is 1. The Morgan fingerprint density at radius 2 is 1.97 bits per heavy atom. The fourth-order valence-electron chi connectivity index (χ4n) is 3.50. The van der Waals surface area contributed by atoms with Gasteiger partial charge in [0.2, 0.25) is 0 Å². The van der Waals surface area contributed by atoms with Gasteiger partial charge in [-0.2, -0.15) is 5.10 Å². The summed E-state index contributed by atoms with van der Waals surface area (Å²) in [7, 11) is 0. The third-order valence-corrected chi connectivity index (χ3v) is 5.77. The number of halogens is 1. The van der Waals surface area contributed by atoms with Crippen molar-refractivity contribution in [3.8, 4) is 0 Å². The maximum absolute atomic E-state index is 13.0. The van der Waals surface area contributed by atoms with Gasteiger partial charge in [0.15, 0.2) is 0 Å². The lowest BCUT2D eigenvalue weighted by Crippen LogP contribution is -2.28. The minimum absolute atomic E-state index is 0.0774. The first-order valence-corrected chi connectivity index (χ1v) is 10.5. The Hall–Kier alpha value is -3.13. The largest absolute Gasteiger partial charge is 0.445 e. The van der Waals surface area contributed by atoms with E-state index in [9.17, 15) is 9.59 Å². The monoisotopic (exact) mass is 468 g/mol. The second-order valence-electron chi connectivity index (χ2n) is 6.99. The smallest absolute Gasteiger partial charge is 0.407 e. The molecule has 0 unspecified atom stereocenters. The van der Waals surface area contributed by atoms with Crippen LogP contribution < -0.4 is 10.9 Å². The topological polar surface area (TPSA) is 89.0 Å². The van der Waals surface area contributed by atoms with Crippen LogP contribution in [0.25, 0.3) is 21.8 Å². The molecule has 0 bridgehead atoms. The SMILES string of the molecule is Cc1[nH]nc2c1c(=O)n(CCCNC(=O)OCc1ccccc1Br)c1ccccc21. The highest BCUT2D eigenvalue weighted by atomic mass is 79.9. The Morgan fingerprint density at radius 3 is 2.80 bits per heavy atom. The van der Waals surface area contributed by atoms with Gasteiger partial charge in [0.05, 0.1) is 10.9 Å². The van der Waals surface area contributed by atoms with E-state index < -0.39 is 6.09 Å². The van der Waals surface area contributed by atoms with Gasteiger partial charge in [-0.1, -0.05) is 52.3 Å². The zero-order chi connectivity index (χ0) is 21.1. The number of H-pyrrole nitrogens is 1. The molecule has 30 heavy (non-hydrogen) atoms. The highest BCUT2D eigenvalue weighted by Gasteiger charge is 2.14. The maximum Gasteiger partial charge on any atom is 0.407 e. The van der Waals surface area contributed by atoms with E-state index in [-0.39, 0.29) is 12.2 Å². The van der Waals surface area contributed by atoms with E-state index in [0.717, 1.165) is 26.6 Å². The number of nitrogens with zero attached hydrogens (tertiary/aromatic N) is 2. The second kappa shape index (κ2) is 8.71. The molecule has 1 amide bonds. The molecule has 0 atom stereocenters. The zero-order valence-electron chi connectivity index (χ0n) is 16.4. The minimum atomic E-state index is -0.482. The lowest BCUT2D eigenvalue weighted by molar-refractivity contribution is 0.139. The van der Waals surface area contributed by atoms with Crippen molar-refractivity contribution in [1.29, 1.82) is 0 Å². The van der Waals surface area contributed by atoms with E-state index >= 15 is 0 Å². The fourth-order valence-corrected chi connectivity index (χ4v) is 3.90. The summed E-state index contributed by atoms with van der Waals surface area (Å²) < 4.78 is 7.90. The number of amides is 1. The van der Waals surface area contributed by atoms with Crippen molar-refractivity contribution < 1.29 is 9.53 Å². The van der Waals surface area contributed by atoms with Crippen LogP contribution in [0.4, 0.5) is 4.79 Å². The van der Waals surface area contributed by atoms with Crippen LogP contribution in [-0.4, -0.2) is 27.4 Å². The predicted octanol–water partition coefficient (Wildman–Crippen LogP) is 4.27. The van der Waals surface area contributed by atoms with E-state index in [1.54, 1.807) is 4.57 Å². The number of alkyl carbamates (subject to hydrolysis) is 1. The first kappa shape index (κ1) is 20.2. The third kappa shape index (κ3) is 3.95. The third-order valence-electron chi connectivity index (χ3n) is 5.00. The van der Waals surface area contributed by atoms with Crippen LogP contribution in [0, 0.1) is 6.92 Å². The molecular formula is C22H21BrN4O3. The highest BCUT2D eigenvalue weighted by molar-refractivity contribution is 9.10. The number of benzene rings is 2. The van der Waals surface area contributed by atoms with Crippen molar-refractivity contribution in [3.63, 3.8) is 0 Å². The number of hydrogen-bond acceptors (Lipinski definition) is 4. The van der Waals surface area contributed by atoms with Crippen LogP contribution in [-0.2, 0) is 17.9 Å². The number of hydrogen-bond donors (Lipinski definition) is 2. The molecule has 2 N–H and O–H groups in total. The summed E-state index contributed by atoms with van der Waals surface area (Å²) in [6, 6.07) is 15.3. The van der Waals surface area contributed by atoms with Crippen molar-refractivity contribution in [2.75, 3.05) is 6.54 Å². The number of para-hydroxylation sites is 1. The van der Waals surface area contributed by atoms with Gasteiger partial charge in [0, 0.05) is 34.2 Å². The summed E-state index contributed by atoms with van der Waals surface area (Å²) >= 11 is 3.43. The van der Waals surface area contributed by atoms with E-state index in [2.05, 4.69) is 31.4 Å². The Balaban J connectivity index is 1.41. The molecule has 0 spiro atoms. The average molecular weight is 469 g/mol. The van der Waals surface area contributed by atoms with Gasteiger partial charge in [0.1, 0.15) is 12.1 Å². The molecule has 8 heteroatoms. The Labute approximate surface area is 181 Å². The quantitative estimate of drug-likeness (QED) is 0.413. The van der Waals surface area contributed by atoms with Crippen LogP contribution >= 0.6 is 15.9 Å². The van der Waals surface area contributed by atoms with E-state index in [1.807, 2.05) is 55.5 Å². The molecule has 0 radical (unpaired) electrons. The summed E-state index contributed by atoms with van der Waals surface area (Å²) in [5.41, 5.74) is 3.10. The van der Waals surface area contributed by atoms with Gasteiger partial charge in [-0.05, 0) is 25.5 Å². The van der Waals surface area contributed by atoms with Gasteiger partial charge in [-0.15, -0.1) is 0 Å². The number of nitrogens with one attached hydrogen (secondary N) is 2. The lowest BCUT2D eigenvalue weighted by Gasteiger charge is -2.12. The number of carbonyl (C=O) groups excluding carboxylic acids is 1. The van der Waals surface area contributed by atoms with Crippen LogP contribution in [0.3, 0.4) is 0 Å². The van der Waals surface area contributed by atoms with Crippen LogP contribution in [0.5, 0.6) is 0 Å². The van der Waals surface area contributed by atoms with Gasteiger partial charge in [-0.3, -0.25) is 9.89 Å². The lowest BCUT2D eigenvalue weighted by atomic mass is 10.1. The number of pyridine rings is 1. The molecule has 2 aromatic carbocycles. The van der Waals surface area contributed by atoms with Crippen molar-refractivity contribution in [2.45, 2.75) is 26.5 Å². The molecule has 4 aromatic rings. The number of rotatable bonds is 6. The molecule has 0 aliphatic rings. The first-order valence-electron chi connectivity index (χ1n) is 9.66. The van der Waals surface area contributed by atoms with Gasteiger partial charge in [-0.25, -0.2) is 4.79 Å². The Kier molecular flexibility index (Phi) is 5.85. The molecule has 7 nitrogen and oxygen atoms in total. The molecule has 2 heterocycles. The zero-order valence-corrected chi connectivity index (χ0v) is 18.0.